The maximum absolute atomic E-state index is 12.5. The molecule has 0 aromatic heterocycles. The monoisotopic (exact) mass is 422 g/mol. The second kappa shape index (κ2) is 11.2. The van der Waals surface area contributed by atoms with E-state index in [4.69, 9.17) is 0 Å². The highest BCUT2D eigenvalue weighted by molar-refractivity contribution is 5.85. The fourth-order valence-corrected chi connectivity index (χ4v) is 3.83. The lowest BCUT2D eigenvalue weighted by molar-refractivity contribution is -0.140. The van der Waals surface area contributed by atoms with Crippen molar-refractivity contribution in [1.29, 1.82) is 0 Å². The van der Waals surface area contributed by atoms with Crippen LogP contribution in [-0.2, 0) is 20.8 Å². The van der Waals surface area contributed by atoms with E-state index in [9.17, 15) is 14.4 Å². The van der Waals surface area contributed by atoms with Crippen LogP contribution in [0.3, 0.4) is 0 Å². The third-order valence-corrected chi connectivity index (χ3v) is 5.51. The Morgan fingerprint density at radius 3 is 2.69 bits per heavy atom. The minimum absolute atomic E-state index is 0. The Morgan fingerprint density at radius 1 is 1.21 bits per heavy atom. The molecule has 0 aliphatic carbocycles. The highest BCUT2D eigenvalue weighted by atomic mass is 35.5. The number of piperidine rings is 1. The SMILES string of the molecule is Cc1ccc(CCC(=O)NCC(=O)N2CCCC(N3CCNCC3=O)C2)cc1.Cl. The average Bonchev–Trinajstić information content (AvgIpc) is 2.72. The van der Waals surface area contributed by atoms with Crippen LogP contribution in [0.25, 0.3) is 0 Å². The van der Waals surface area contributed by atoms with Crippen molar-refractivity contribution in [2.75, 3.05) is 39.3 Å². The fourth-order valence-electron chi connectivity index (χ4n) is 3.83. The van der Waals surface area contributed by atoms with Gasteiger partial charge in [-0.05, 0) is 31.7 Å². The summed E-state index contributed by atoms with van der Waals surface area (Å²) in [6.07, 6.45) is 2.85. The lowest BCUT2D eigenvalue weighted by Crippen LogP contribution is -2.58. The number of nitrogens with one attached hydrogen (secondary N) is 2. The van der Waals surface area contributed by atoms with E-state index in [0.717, 1.165) is 24.9 Å². The predicted octanol–water partition coefficient (Wildman–Crippen LogP) is 0.888. The number of hydrogen-bond donors (Lipinski definition) is 2. The molecule has 7 nitrogen and oxygen atoms in total. The molecule has 3 rings (SSSR count). The van der Waals surface area contributed by atoms with Gasteiger partial charge >= 0.3 is 0 Å². The number of likely N-dealkylation sites (tertiary alicyclic amines) is 1. The minimum atomic E-state index is -0.111. The van der Waals surface area contributed by atoms with E-state index in [0.29, 0.717) is 39.0 Å². The Bertz CT molecular complexity index is 710. The Hall–Kier alpha value is -2.12. The van der Waals surface area contributed by atoms with Crippen LogP contribution >= 0.6 is 12.4 Å². The van der Waals surface area contributed by atoms with Crippen molar-refractivity contribution in [3.63, 3.8) is 0 Å². The number of piperazine rings is 1. The molecule has 2 aliphatic heterocycles. The van der Waals surface area contributed by atoms with Gasteiger partial charge in [0.05, 0.1) is 13.1 Å². The van der Waals surface area contributed by atoms with Crippen LogP contribution in [0.5, 0.6) is 0 Å². The topological polar surface area (TPSA) is 81.8 Å². The molecule has 8 heteroatoms. The molecule has 2 fully saturated rings. The van der Waals surface area contributed by atoms with Gasteiger partial charge in [0.2, 0.25) is 17.7 Å². The average molecular weight is 423 g/mol. The number of hydrogen-bond acceptors (Lipinski definition) is 4. The first-order chi connectivity index (χ1) is 13.5. The molecule has 0 spiro atoms. The van der Waals surface area contributed by atoms with E-state index in [-0.39, 0.29) is 42.7 Å². The normalized spacial score (nSPS) is 19.5. The van der Waals surface area contributed by atoms with Crippen molar-refractivity contribution < 1.29 is 14.4 Å². The summed E-state index contributed by atoms with van der Waals surface area (Å²) >= 11 is 0. The van der Waals surface area contributed by atoms with Gasteiger partial charge in [0, 0.05) is 38.6 Å². The smallest absolute Gasteiger partial charge is 0.242 e. The molecular weight excluding hydrogens is 392 g/mol. The van der Waals surface area contributed by atoms with Gasteiger partial charge in [-0.2, -0.15) is 0 Å². The highest BCUT2D eigenvalue weighted by Gasteiger charge is 2.31. The zero-order valence-electron chi connectivity index (χ0n) is 17.0. The van der Waals surface area contributed by atoms with E-state index in [1.165, 1.54) is 5.56 Å². The number of halogens is 1. The second-order valence-electron chi connectivity index (χ2n) is 7.66. The van der Waals surface area contributed by atoms with Crippen LogP contribution in [0.2, 0.25) is 0 Å². The molecule has 2 N–H and O–H groups in total. The molecular formula is C21H31ClN4O3. The first kappa shape index (κ1) is 23.2. The molecule has 1 aromatic carbocycles. The van der Waals surface area contributed by atoms with Crippen LogP contribution in [0, 0.1) is 6.92 Å². The van der Waals surface area contributed by atoms with Gasteiger partial charge in [0.1, 0.15) is 0 Å². The summed E-state index contributed by atoms with van der Waals surface area (Å²) < 4.78 is 0. The number of aryl methyl sites for hydroxylation is 2. The molecule has 1 atom stereocenters. The van der Waals surface area contributed by atoms with Gasteiger partial charge in [-0.15, -0.1) is 12.4 Å². The first-order valence-electron chi connectivity index (χ1n) is 10.1. The summed E-state index contributed by atoms with van der Waals surface area (Å²) in [6.45, 7) is 5.18. The zero-order valence-corrected chi connectivity index (χ0v) is 17.8. The van der Waals surface area contributed by atoms with Crippen LogP contribution in [-0.4, -0.2) is 72.8 Å². The van der Waals surface area contributed by atoms with Crippen molar-refractivity contribution >= 4 is 30.1 Å². The lowest BCUT2D eigenvalue weighted by atomic mass is 10.0. The Balaban J connectivity index is 0.00000300. The third-order valence-electron chi connectivity index (χ3n) is 5.51. The molecule has 2 heterocycles. The molecule has 0 saturated carbocycles. The van der Waals surface area contributed by atoms with Crippen LogP contribution in [0.1, 0.15) is 30.4 Å². The van der Waals surface area contributed by atoms with Crippen LogP contribution in [0.4, 0.5) is 0 Å². The number of carbonyl (C=O) groups is 3. The molecule has 0 bridgehead atoms. The molecule has 3 amide bonds. The van der Waals surface area contributed by atoms with Crippen LogP contribution in [0.15, 0.2) is 24.3 Å². The number of benzene rings is 1. The van der Waals surface area contributed by atoms with Gasteiger partial charge < -0.3 is 20.4 Å². The summed E-state index contributed by atoms with van der Waals surface area (Å²) in [5, 5.41) is 5.82. The standard InChI is InChI=1S/C21H30N4O3.ClH/c1-16-4-6-17(7-5-16)8-9-19(26)23-14-20(27)24-11-2-3-18(15-24)25-12-10-22-13-21(25)28;/h4-7,18,22H,2-3,8-15H2,1H3,(H,23,26);1H. The molecule has 0 radical (unpaired) electrons. The minimum Gasteiger partial charge on any atom is -0.347 e. The largest absolute Gasteiger partial charge is 0.347 e. The summed E-state index contributed by atoms with van der Waals surface area (Å²) in [7, 11) is 0. The van der Waals surface area contributed by atoms with Gasteiger partial charge in [0.25, 0.3) is 0 Å². The second-order valence-corrected chi connectivity index (χ2v) is 7.66. The summed E-state index contributed by atoms with van der Waals surface area (Å²) in [6, 6.07) is 8.21. The molecule has 1 unspecified atom stereocenters. The molecule has 29 heavy (non-hydrogen) atoms. The highest BCUT2D eigenvalue weighted by Crippen LogP contribution is 2.17. The van der Waals surface area contributed by atoms with Crippen molar-refractivity contribution in [1.82, 2.24) is 20.4 Å². The third kappa shape index (κ3) is 6.72. The summed E-state index contributed by atoms with van der Waals surface area (Å²) in [5.41, 5.74) is 2.31. The number of nitrogens with zero attached hydrogens (tertiary/aromatic N) is 2. The van der Waals surface area contributed by atoms with E-state index < -0.39 is 0 Å². The van der Waals surface area contributed by atoms with Crippen molar-refractivity contribution in [2.45, 2.75) is 38.6 Å². The fraction of sp³-hybridized carbons (Fsp3) is 0.571. The maximum atomic E-state index is 12.5. The number of amides is 3. The maximum Gasteiger partial charge on any atom is 0.242 e. The Morgan fingerprint density at radius 2 is 1.97 bits per heavy atom. The van der Waals surface area contributed by atoms with Crippen molar-refractivity contribution in [3.05, 3.63) is 35.4 Å². The summed E-state index contributed by atoms with van der Waals surface area (Å²) in [5.74, 6) is -0.0781. The van der Waals surface area contributed by atoms with Gasteiger partial charge in [0.15, 0.2) is 0 Å². The molecule has 1 aromatic rings. The number of rotatable bonds is 6. The van der Waals surface area contributed by atoms with Gasteiger partial charge in [-0.3, -0.25) is 14.4 Å². The van der Waals surface area contributed by atoms with Gasteiger partial charge in [-0.25, -0.2) is 0 Å². The van der Waals surface area contributed by atoms with Crippen molar-refractivity contribution in [2.24, 2.45) is 0 Å². The zero-order chi connectivity index (χ0) is 19.9. The molecule has 2 aliphatic rings. The first-order valence-corrected chi connectivity index (χ1v) is 10.1. The molecule has 160 valence electrons. The van der Waals surface area contributed by atoms with Crippen molar-refractivity contribution in [3.8, 4) is 0 Å². The Labute approximate surface area is 178 Å². The van der Waals surface area contributed by atoms with E-state index in [1.807, 2.05) is 36.1 Å². The summed E-state index contributed by atoms with van der Waals surface area (Å²) in [4.78, 5) is 40.4. The van der Waals surface area contributed by atoms with Crippen LogP contribution < -0.4 is 10.6 Å². The number of carbonyl (C=O) groups excluding carboxylic acids is 3. The van der Waals surface area contributed by atoms with E-state index in [2.05, 4.69) is 10.6 Å². The van der Waals surface area contributed by atoms with Gasteiger partial charge in [-0.1, -0.05) is 29.8 Å². The van der Waals surface area contributed by atoms with E-state index in [1.54, 1.807) is 4.90 Å². The Kier molecular flexibility index (Phi) is 8.92. The predicted molar refractivity (Wildman–Crippen MR) is 114 cm³/mol. The molecule has 2 saturated heterocycles. The van der Waals surface area contributed by atoms with E-state index >= 15 is 0 Å². The lowest BCUT2D eigenvalue weighted by Gasteiger charge is -2.41. The quantitative estimate of drug-likeness (QED) is 0.713.